The van der Waals surface area contributed by atoms with E-state index in [1.54, 1.807) is 12.1 Å². The highest BCUT2D eigenvalue weighted by Gasteiger charge is 2.33. The maximum Gasteiger partial charge on any atom is 0.433 e. The van der Waals surface area contributed by atoms with Crippen molar-refractivity contribution in [3.8, 4) is 11.1 Å². The molecular weight excluding hydrogens is 273 g/mol. The van der Waals surface area contributed by atoms with Crippen molar-refractivity contribution in [2.75, 3.05) is 0 Å². The number of halogens is 3. The van der Waals surface area contributed by atoms with Gasteiger partial charge in [-0.3, -0.25) is 9.78 Å². The maximum atomic E-state index is 12.6. The quantitative estimate of drug-likeness (QED) is 0.940. The van der Waals surface area contributed by atoms with E-state index < -0.39 is 24.3 Å². The van der Waals surface area contributed by atoms with Gasteiger partial charge in [-0.25, -0.2) is 4.98 Å². The molecule has 0 radical (unpaired) electrons. The van der Waals surface area contributed by atoms with E-state index in [0.29, 0.717) is 11.1 Å². The van der Waals surface area contributed by atoms with Gasteiger partial charge in [0.15, 0.2) is 0 Å². The lowest BCUT2D eigenvalue weighted by Gasteiger charge is -2.11. The van der Waals surface area contributed by atoms with Gasteiger partial charge in [0.2, 0.25) is 0 Å². The summed E-state index contributed by atoms with van der Waals surface area (Å²) in [5.74, 6) is -1.25. The Morgan fingerprint density at radius 1 is 1.25 bits per heavy atom. The van der Waals surface area contributed by atoms with E-state index in [1.807, 2.05) is 0 Å². The fourth-order valence-corrected chi connectivity index (χ4v) is 1.72. The molecule has 1 N–H and O–H groups in total. The number of aromatic nitrogens is 2. The molecule has 2 heterocycles. The highest BCUT2D eigenvalue weighted by atomic mass is 19.4. The highest BCUT2D eigenvalue weighted by Crippen LogP contribution is 2.31. The molecule has 0 saturated carbocycles. The lowest BCUT2D eigenvalue weighted by Crippen LogP contribution is -2.12. The SMILES string of the molecule is O=C(O)Cc1nc(C(F)(F)F)ccc1-c1cccnc1. The average molecular weight is 282 g/mol. The molecule has 0 unspecified atom stereocenters. The molecule has 2 rings (SSSR count). The van der Waals surface area contributed by atoms with Gasteiger partial charge in [0, 0.05) is 23.5 Å². The first-order valence-electron chi connectivity index (χ1n) is 5.57. The van der Waals surface area contributed by atoms with Crippen LogP contribution in [0.1, 0.15) is 11.4 Å². The first kappa shape index (κ1) is 14.0. The molecule has 7 heteroatoms. The van der Waals surface area contributed by atoms with Crippen LogP contribution in [-0.4, -0.2) is 21.0 Å². The summed E-state index contributed by atoms with van der Waals surface area (Å²) in [6.45, 7) is 0. The Morgan fingerprint density at radius 3 is 2.55 bits per heavy atom. The second-order valence-corrected chi connectivity index (χ2v) is 4.00. The van der Waals surface area contributed by atoms with Crippen LogP contribution in [0.15, 0.2) is 36.7 Å². The topological polar surface area (TPSA) is 63.1 Å². The van der Waals surface area contributed by atoms with Gasteiger partial charge in [-0.2, -0.15) is 13.2 Å². The van der Waals surface area contributed by atoms with Crippen molar-refractivity contribution in [2.24, 2.45) is 0 Å². The molecule has 0 amide bonds. The summed E-state index contributed by atoms with van der Waals surface area (Å²) in [4.78, 5) is 18.1. The predicted molar refractivity (Wildman–Crippen MR) is 63.8 cm³/mol. The molecule has 0 aliphatic rings. The van der Waals surface area contributed by atoms with Crippen LogP contribution in [-0.2, 0) is 17.4 Å². The molecule has 104 valence electrons. The second-order valence-electron chi connectivity index (χ2n) is 4.00. The van der Waals surface area contributed by atoms with Crippen molar-refractivity contribution in [2.45, 2.75) is 12.6 Å². The Balaban J connectivity index is 2.54. The minimum absolute atomic E-state index is 0.139. The summed E-state index contributed by atoms with van der Waals surface area (Å²) in [7, 11) is 0. The monoisotopic (exact) mass is 282 g/mol. The van der Waals surface area contributed by atoms with Gasteiger partial charge in [-0.15, -0.1) is 0 Å². The first-order chi connectivity index (χ1) is 9.38. The molecule has 2 aromatic rings. The molecule has 0 aliphatic heterocycles. The Labute approximate surface area is 111 Å². The molecule has 4 nitrogen and oxygen atoms in total. The molecule has 0 fully saturated rings. The van der Waals surface area contributed by atoms with Crippen LogP contribution in [0.25, 0.3) is 11.1 Å². The number of carboxylic acid groups (broad SMARTS) is 1. The number of nitrogens with zero attached hydrogens (tertiary/aromatic N) is 2. The smallest absolute Gasteiger partial charge is 0.433 e. The fraction of sp³-hybridized carbons (Fsp3) is 0.154. The van der Waals surface area contributed by atoms with Crippen LogP contribution in [0.5, 0.6) is 0 Å². The lowest BCUT2D eigenvalue weighted by molar-refractivity contribution is -0.142. The molecule has 20 heavy (non-hydrogen) atoms. The predicted octanol–water partition coefficient (Wildman–Crippen LogP) is 2.79. The molecule has 0 aromatic carbocycles. The van der Waals surface area contributed by atoms with Crippen molar-refractivity contribution in [1.29, 1.82) is 0 Å². The van der Waals surface area contributed by atoms with Gasteiger partial charge in [-0.05, 0) is 12.1 Å². The third-order valence-corrected chi connectivity index (χ3v) is 2.56. The summed E-state index contributed by atoms with van der Waals surface area (Å²) < 4.78 is 37.9. The number of alkyl halides is 3. The first-order valence-corrected chi connectivity index (χ1v) is 5.57. The normalized spacial score (nSPS) is 11.3. The molecule has 2 aromatic heterocycles. The number of rotatable bonds is 3. The molecular formula is C13H9F3N2O2. The third kappa shape index (κ3) is 3.11. The van der Waals surface area contributed by atoms with E-state index in [-0.39, 0.29) is 5.69 Å². The van der Waals surface area contributed by atoms with Crippen molar-refractivity contribution in [1.82, 2.24) is 9.97 Å². The van der Waals surface area contributed by atoms with E-state index in [2.05, 4.69) is 9.97 Å². The largest absolute Gasteiger partial charge is 0.481 e. The molecule has 0 aliphatic carbocycles. The number of hydrogen-bond donors (Lipinski definition) is 1. The zero-order chi connectivity index (χ0) is 14.8. The van der Waals surface area contributed by atoms with E-state index in [4.69, 9.17) is 5.11 Å². The van der Waals surface area contributed by atoms with Crippen molar-refractivity contribution in [3.63, 3.8) is 0 Å². The van der Waals surface area contributed by atoms with Crippen LogP contribution >= 0.6 is 0 Å². The van der Waals surface area contributed by atoms with Gasteiger partial charge < -0.3 is 5.11 Å². The summed E-state index contributed by atoms with van der Waals surface area (Å²) >= 11 is 0. The molecule has 0 bridgehead atoms. The minimum Gasteiger partial charge on any atom is -0.481 e. The minimum atomic E-state index is -4.61. The van der Waals surface area contributed by atoms with Crippen LogP contribution in [0.4, 0.5) is 13.2 Å². The summed E-state index contributed by atoms with van der Waals surface area (Å²) in [5, 5.41) is 8.80. The second kappa shape index (κ2) is 5.28. The van der Waals surface area contributed by atoms with E-state index in [0.717, 1.165) is 6.07 Å². The molecule has 0 atom stereocenters. The van der Waals surface area contributed by atoms with Crippen LogP contribution in [0.2, 0.25) is 0 Å². The number of aliphatic carboxylic acids is 1. The summed E-state index contributed by atoms with van der Waals surface area (Å²) in [6, 6.07) is 5.28. The average Bonchev–Trinajstić information content (AvgIpc) is 2.38. The Hall–Kier alpha value is -2.44. The molecule has 0 saturated heterocycles. The highest BCUT2D eigenvalue weighted by molar-refractivity contribution is 5.75. The third-order valence-electron chi connectivity index (χ3n) is 2.56. The Morgan fingerprint density at radius 2 is 2.00 bits per heavy atom. The zero-order valence-electron chi connectivity index (χ0n) is 10.1. The fourth-order valence-electron chi connectivity index (χ4n) is 1.72. The van der Waals surface area contributed by atoms with Crippen molar-refractivity contribution >= 4 is 5.97 Å². The van der Waals surface area contributed by atoms with E-state index in [1.165, 1.54) is 18.5 Å². The van der Waals surface area contributed by atoms with Gasteiger partial charge in [0.25, 0.3) is 0 Å². The number of hydrogen-bond acceptors (Lipinski definition) is 3. The van der Waals surface area contributed by atoms with Crippen molar-refractivity contribution < 1.29 is 23.1 Å². The van der Waals surface area contributed by atoms with Crippen LogP contribution in [0, 0.1) is 0 Å². The standard InChI is InChI=1S/C13H9F3N2O2/c14-13(15,16)11-4-3-9(8-2-1-5-17-7-8)10(18-11)6-12(19)20/h1-5,7H,6H2,(H,19,20). The zero-order valence-corrected chi connectivity index (χ0v) is 10.1. The van der Waals surface area contributed by atoms with E-state index >= 15 is 0 Å². The lowest BCUT2D eigenvalue weighted by atomic mass is 10.0. The molecule has 0 spiro atoms. The number of carbonyl (C=O) groups is 1. The van der Waals surface area contributed by atoms with Crippen LogP contribution in [0.3, 0.4) is 0 Å². The van der Waals surface area contributed by atoms with Crippen LogP contribution < -0.4 is 0 Å². The number of carboxylic acids is 1. The summed E-state index contributed by atoms with van der Waals surface area (Å²) in [5.41, 5.74) is -0.403. The Kier molecular flexibility index (Phi) is 3.69. The van der Waals surface area contributed by atoms with E-state index in [9.17, 15) is 18.0 Å². The van der Waals surface area contributed by atoms with Crippen molar-refractivity contribution in [3.05, 3.63) is 48.0 Å². The summed E-state index contributed by atoms with van der Waals surface area (Å²) in [6.07, 6.45) is -2.25. The van der Waals surface area contributed by atoms with Gasteiger partial charge in [-0.1, -0.05) is 12.1 Å². The van der Waals surface area contributed by atoms with Gasteiger partial charge in [0.05, 0.1) is 12.1 Å². The number of pyridine rings is 2. The van der Waals surface area contributed by atoms with Gasteiger partial charge >= 0.3 is 12.1 Å². The Bertz CT molecular complexity index is 627. The van der Waals surface area contributed by atoms with Gasteiger partial charge in [0.1, 0.15) is 5.69 Å². The maximum absolute atomic E-state index is 12.6.